The molecule has 0 radical (unpaired) electrons. The highest BCUT2D eigenvalue weighted by atomic mass is 19.1. The molecule has 1 fully saturated rings. The van der Waals surface area contributed by atoms with Crippen molar-refractivity contribution >= 4 is 0 Å². The highest BCUT2D eigenvalue weighted by Crippen LogP contribution is 2.34. The molecule has 1 aliphatic rings. The Labute approximate surface area is 120 Å². The van der Waals surface area contributed by atoms with Gasteiger partial charge < -0.3 is 4.74 Å². The van der Waals surface area contributed by atoms with Crippen LogP contribution in [0.5, 0.6) is 0 Å². The first-order valence-corrected chi connectivity index (χ1v) is 7.46. The van der Waals surface area contributed by atoms with E-state index >= 15 is 0 Å². The molecule has 1 saturated carbocycles. The van der Waals surface area contributed by atoms with E-state index < -0.39 is 0 Å². The van der Waals surface area contributed by atoms with Gasteiger partial charge in [-0.1, -0.05) is 37.8 Å². The number of ether oxygens (including phenoxy) is 1. The molecule has 1 atom stereocenters. The zero-order valence-corrected chi connectivity index (χ0v) is 12.2. The van der Waals surface area contributed by atoms with Crippen molar-refractivity contribution in [3.05, 3.63) is 35.6 Å². The summed E-state index contributed by atoms with van der Waals surface area (Å²) in [5.41, 5.74) is 3.81. The van der Waals surface area contributed by atoms with E-state index in [1.165, 1.54) is 37.8 Å². The number of hydrogen-bond donors (Lipinski definition) is 2. The van der Waals surface area contributed by atoms with Gasteiger partial charge in [0.25, 0.3) is 0 Å². The standard InChI is InChI=1S/C16H25FN2O/c1-20-16(10-4-2-3-5-11-16)15(19-18)12-13-6-8-14(17)9-7-13/h6-9,15,19H,2-5,10-12,18H2,1H3. The summed E-state index contributed by atoms with van der Waals surface area (Å²) >= 11 is 0. The van der Waals surface area contributed by atoms with Gasteiger partial charge in [0, 0.05) is 7.11 Å². The number of methoxy groups -OCH3 is 1. The minimum Gasteiger partial charge on any atom is -0.377 e. The summed E-state index contributed by atoms with van der Waals surface area (Å²) in [4.78, 5) is 0. The first-order chi connectivity index (χ1) is 9.70. The fraction of sp³-hybridized carbons (Fsp3) is 0.625. The Morgan fingerprint density at radius 2 is 1.80 bits per heavy atom. The molecular weight excluding hydrogens is 255 g/mol. The second-order valence-electron chi connectivity index (χ2n) is 5.73. The molecule has 3 N–H and O–H groups in total. The normalized spacial score (nSPS) is 20.4. The Hall–Kier alpha value is -0.970. The summed E-state index contributed by atoms with van der Waals surface area (Å²) in [6, 6.07) is 6.68. The molecule has 1 aromatic carbocycles. The molecule has 0 amide bonds. The molecule has 112 valence electrons. The lowest BCUT2D eigenvalue weighted by Crippen LogP contribution is -2.55. The van der Waals surface area contributed by atoms with Gasteiger partial charge in [-0.05, 0) is 37.0 Å². The van der Waals surface area contributed by atoms with Crippen molar-refractivity contribution in [3.63, 3.8) is 0 Å². The van der Waals surface area contributed by atoms with Crippen LogP contribution in [0.2, 0.25) is 0 Å². The SMILES string of the molecule is COC1(C(Cc2ccc(F)cc2)NN)CCCCCC1. The van der Waals surface area contributed by atoms with E-state index in [1.807, 2.05) is 12.1 Å². The number of rotatable bonds is 5. The van der Waals surface area contributed by atoms with Crippen molar-refractivity contribution in [2.75, 3.05) is 7.11 Å². The molecule has 0 aromatic heterocycles. The third-order valence-electron chi connectivity index (χ3n) is 4.55. The van der Waals surface area contributed by atoms with Gasteiger partial charge in [-0.15, -0.1) is 0 Å². The fourth-order valence-corrected chi connectivity index (χ4v) is 3.27. The van der Waals surface area contributed by atoms with Crippen LogP contribution in [0.25, 0.3) is 0 Å². The summed E-state index contributed by atoms with van der Waals surface area (Å²) in [5.74, 6) is 5.58. The highest BCUT2D eigenvalue weighted by Gasteiger charge is 2.38. The molecule has 1 aliphatic carbocycles. The highest BCUT2D eigenvalue weighted by molar-refractivity contribution is 5.18. The first kappa shape index (κ1) is 15.4. The van der Waals surface area contributed by atoms with E-state index in [-0.39, 0.29) is 17.5 Å². The lowest BCUT2D eigenvalue weighted by molar-refractivity contribution is -0.0527. The van der Waals surface area contributed by atoms with E-state index in [2.05, 4.69) is 5.43 Å². The Morgan fingerprint density at radius 1 is 1.20 bits per heavy atom. The van der Waals surface area contributed by atoms with Crippen LogP contribution in [0.1, 0.15) is 44.1 Å². The van der Waals surface area contributed by atoms with Crippen LogP contribution < -0.4 is 11.3 Å². The predicted octanol–water partition coefficient (Wildman–Crippen LogP) is 2.94. The van der Waals surface area contributed by atoms with E-state index in [4.69, 9.17) is 10.6 Å². The van der Waals surface area contributed by atoms with Crippen molar-refractivity contribution in [3.8, 4) is 0 Å². The van der Waals surface area contributed by atoms with Gasteiger partial charge in [-0.25, -0.2) is 4.39 Å². The van der Waals surface area contributed by atoms with E-state index in [0.29, 0.717) is 0 Å². The van der Waals surface area contributed by atoms with Crippen molar-refractivity contribution in [2.45, 2.75) is 56.6 Å². The largest absolute Gasteiger partial charge is 0.377 e. The number of halogens is 1. The summed E-state index contributed by atoms with van der Waals surface area (Å²) < 4.78 is 18.9. The topological polar surface area (TPSA) is 47.3 Å². The van der Waals surface area contributed by atoms with Crippen LogP contribution >= 0.6 is 0 Å². The van der Waals surface area contributed by atoms with Crippen LogP contribution in [0.15, 0.2) is 24.3 Å². The summed E-state index contributed by atoms with van der Waals surface area (Å²) in [5, 5.41) is 0. The van der Waals surface area contributed by atoms with E-state index in [0.717, 1.165) is 24.8 Å². The number of hydrogen-bond acceptors (Lipinski definition) is 3. The van der Waals surface area contributed by atoms with Gasteiger partial charge in [0.15, 0.2) is 0 Å². The Morgan fingerprint density at radius 3 is 2.30 bits per heavy atom. The molecule has 0 bridgehead atoms. The van der Waals surface area contributed by atoms with Crippen LogP contribution in [0.3, 0.4) is 0 Å². The predicted molar refractivity (Wildman–Crippen MR) is 78.7 cm³/mol. The summed E-state index contributed by atoms with van der Waals surface area (Å²) in [6.45, 7) is 0. The minimum atomic E-state index is -0.209. The molecule has 0 heterocycles. The number of nitrogens with two attached hydrogens (primary N) is 1. The lowest BCUT2D eigenvalue weighted by atomic mass is 9.83. The number of benzene rings is 1. The number of hydrazine groups is 1. The van der Waals surface area contributed by atoms with Gasteiger partial charge in [0.05, 0.1) is 11.6 Å². The van der Waals surface area contributed by atoms with Crippen molar-refractivity contribution in [2.24, 2.45) is 5.84 Å². The van der Waals surface area contributed by atoms with Gasteiger partial charge >= 0.3 is 0 Å². The zero-order chi connectivity index (χ0) is 14.4. The van der Waals surface area contributed by atoms with E-state index in [9.17, 15) is 4.39 Å². The molecule has 1 unspecified atom stereocenters. The molecule has 0 aliphatic heterocycles. The third kappa shape index (κ3) is 3.57. The molecule has 1 aromatic rings. The first-order valence-electron chi connectivity index (χ1n) is 7.46. The molecule has 20 heavy (non-hydrogen) atoms. The zero-order valence-electron chi connectivity index (χ0n) is 12.2. The number of nitrogens with one attached hydrogen (secondary N) is 1. The maximum atomic E-state index is 13.0. The van der Waals surface area contributed by atoms with Gasteiger partial charge in [0.1, 0.15) is 5.82 Å². The van der Waals surface area contributed by atoms with Crippen LogP contribution in [0.4, 0.5) is 4.39 Å². The second-order valence-corrected chi connectivity index (χ2v) is 5.73. The summed E-state index contributed by atoms with van der Waals surface area (Å²) in [7, 11) is 1.78. The molecule has 4 heteroatoms. The van der Waals surface area contributed by atoms with Gasteiger partial charge in [-0.3, -0.25) is 11.3 Å². The van der Waals surface area contributed by atoms with Gasteiger partial charge in [-0.2, -0.15) is 0 Å². The Balaban J connectivity index is 2.13. The molecule has 0 saturated heterocycles. The smallest absolute Gasteiger partial charge is 0.123 e. The Kier molecular flexibility index (Phi) is 5.52. The average molecular weight is 280 g/mol. The monoisotopic (exact) mass is 280 g/mol. The average Bonchev–Trinajstić information content (AvgIpc) is 2.73. The molecule has 0 spiro atoms. The molecule has 2 rings (SSSR count). The second kappa shape index (κ2) is 7.16. The minimum absolute atomic E-state index is 0.0519. The van der Waals surface area contributed by atoms with Crippen LogP contribution in [0, 0.1) is 5.82 Å². The quantitative estimate of drug-likeness (QED) is 0.495. The fourth-order valence-electron chi connectivity index (χ4n) is 3.27. The summed E-state index contributed by atoms with van der Waals surface area (Å²) in [6.07, 6.45) is 7.69. The molecule has 3 nitrogen and oxygen atoms in total. The van der Waals surface area contributed by atoms with Crippen molar-refractivity contribution in [1.82, 2.24) is 5.43 Å². The lowest BCUT2D eigenvalue weighted by Gasteiger charge is -2.39. The van der Waals surface area contributed by atoms with Crippen LogP contribution in [-0.2, 0) is 11.2 Å². The van der Waals surface area contributed by atoms with Crippen LogP contribution in [-0.4, -0.2) is 18.8 Å². The third-order valence-corrected chi connectivity index (χ3v) is 4.55. The maximum Gasteiger partial charge on any atom is 0.123 e. The Bertz CT molecular complexity index is 399. The van der Waals surface area contributed by atoms with Gasteiger partial charge in [0.2, 0.25) is 0 Å². The molecular formula is C16H25FN2O. The maximum absolute atomic E-state index is 13.0. The van der Waals surface area contributed by atoms with Crippen molar-refractivity contribution < 1.29 is 9.13 Å². The van der Waals surface area contributed by atoms with E-state index in [1.54, 1.807) is 7.11 Å². The van der Waals surface area contributed by atoms with Crippen molar-refractivity contribution in [1.29, 1.82) is 0 Å².